The molecule has 0 heterocycles. The van der Waals surface area contributed by atoms with Crippen molar-refractivity contribution in [3.05, 3.63) is 31.6 Å². The number of nitro benzene ring substituents is 1. The van der Waals surface area contributed by atoms with Crippen molar-refractivity contribution in [3.8, 4) is 0 Å². The molecule has 0 saturated heterocycles. The molecule has 0 unspecified atom stereocenters. The number of nitrogens with zero attached hydrogens (tertiary/aromatic N) is 1. The highest BCUT2D eigenvalue weighted by Gasteiger charge is 2.25. The van der Waals surface area contributed by atoms with Crippen LogP contribution in [0.25, 0.3) is 0 Å². The Labute approximate surface area is 98.5 Å². The van der Waals surface area contributed by atoms with Crippen molar-refractivity contribution in [3.63, 3.8) is 0 Å². The van der Waals surface area contributed by atoms with E-state index in [0.29, 0.717) is 0 Å². The SMILES string of the molecule is CS(=O)(=O)c1ccc(F)c([N+](=O)[O-])c1I. The fourth-order valence-corrected chi connectivity index (χ4v) is 3.55. The molecule has 0 fully saturated rings. The molecule has 0 aromatic heterocycles. The van der Waals surface area contributed by atoms with Crippen LogP contribution in [0.5, 0.6) is 0 Å². The lowest BCUT2D eigenvalue weighted by Gasteiger charge is -2.03. The molecule has 5 nitrogen and oxygen atoms in total. The van der Waals surface area contributed by atoms with Gasteiger partial charge in [-0.3, -0.25) is 10.1 Å². The van der Waals surface area contributed by atoms with Crippen molar-refractivity contribution < 1.29 is 17.7 Å². The maximum atomic E-state index is 13.0. The number of rotatable bonds is 2. The van der Waals surface area contributed by atoms with Crippen LogP contribution < -0.4 is 0 Å². The number of benzene rings is 1. The van der Waals surface area contributed by atoms with Gasteiger partial charge in [-0.05, 0) is 34.7 Å². The van der Waals surface area contributed by atoms with E-state index in [-0.39, 0.29) is 8.47 Å². The van der Waals surface area contributed by atoms with Crippen molar-refractivity contribution in [2.24, 2.45) is 0 Å². The molecule has 15 heavy (non-hydrogen) atoms. The van der Waals surface area contributed by atoms with E-state index in [1.54, 1.807) is 0 Å². The third-order valence-corrected chi connectivity index (χ3v) is 4.21. The summed E-state index contributed by atoms with van der Waals surface area (Å²) in [6.45, 7) is 0. The van der Waals surface area contributed by atoms with Crippen LogP contribution in [0.1, 0.15) is 0 Å². The lowest BCUT2D eigenvalue weighted by atomic mass is 10.3. The van der Waals surface area contributed by atoms with Crippen LogP contribution in [0.4, 0.5) is 10.1 Å². The second-order valence-corrected chi connectivity index (χ2v) is 5.80. The summed E-state index contributed by atoms with van der Waals surface area (Å²) in [5.74, 6) is -1.04. The fraction of sp³-hybridized carbons (Fsp3) is 0.143. The fourth-order valence-electron chi connectivity index (χ4n) is 0.976. The average Bonchev–Trinajstić information content (AvgIpc) is 2.00. The van der Waals surface area contributed by atoms with Gasteiger partial charge in [0.25, 0.3) is 0 Å². The summed E-state index contributed by atoms with van der Waals surface area (Å²) in [6.07, 6.45) is 0.909. The zero-order valence-electron chi connectivity index (χ0n) is 7.40. The summed E-state index contributed by atoms with van der Waals surface area (Å²) in [4.78, 5) is 9.31. The van der Waals surface area contributed by atoms with Gasteiger partial charge < -0.3 is 0 Å². The third kappa shape index (κ3) is 2.43. The topological polar surface area (TPSA) is 77.3 Å². The van der Waals surface area contributed by atoms with Gasteiger partial charge in [0.05, 0.1) is 9.82 Å². The van der Waals surface area contributed by atoms with Gasteiger partial charge in [-0.15, -0.1) is 0 Å². The van der Waals surface area contributed by atoms with Crippen molar-refractivity contribution in [2.45, 2.75) is 4.90 Å². The molecule has 0 aliphatic carbocycles. The minimum atomic E-state index is -3.58. The molecule has 0 amide bonds. The van der Waals surface area contributed by atoms with E-state index in [9.17, 15) is 22.9 Å². The highest BCUT2D eigenvalue weighted by atomic mass is 127. The van der Waals surface area contributed by atoms with Crippen molar-refractivity contribution in [1.82, 2.24) is 0 Å². The Bertz CT molecular complexity index is 528. The monoisotopic (exact) mass is 345 g/mol. The zero-order chi connectivity index (χ0) is 11.8. The summed E-state index contributed by atoms with van der Waals surface area (Å²) >= 11 is 1.45. The van der Waals surface area contributed by atoms with Crippen LogP contribution >= 0.6 is 22.6 Å². The molecule has 0 aliphatic heterocycles. The first-order valence-corrected chi connectivity index (χ1v) is 6.54. The van der Waals surface area contributed by atoms with Gasteiger partial charge in [-0.25, -0.2) is 8.42 Å². The first kappa shape index (κ1) is 12.3. The van der Waals surface area contributed by atoms with Gasteiger partial charge in [0.2, 0.25) is 5.82 Å². The van der Waals surface area contributed by atoms with E-state index >= 15 is 0 Å². The summed E-state index contributed by atoms with van der Waals surface area (Å²) in [5.41, 5.74) is -0.807. The Morgan fingerprint density at radius 3 is 2.40 bits per heavy atom. The molecule has 8 heteroatoms. The maximum absolute atomic E-state index is 13.0. The highest BCUT2D eigenvalue weighted by Crippen LogP contribution is 2.29. The maximum Gasteiger partial charge on any atom is 0.319 e. The molecule has 1 aromatic rings. The Morgan fingerprint density at radius 1 is 1.47 bits per heavy atom. The standard InChI is InChI=1S/C7H5FINO4S/c1-15(13,14)5-3-2-4(8)7(6(5)9)10(11)12/h2-3H,1H3. The predicted octanol–water partition coefficient (Wildman–Crippen LogP) is 1.74. The molecule has 0 N–H and O–H groups in total. The van der Waals surface area contributed by atoms with E-state index in [0.717, 1.165) is 18.4 Å². The molecule has 0 radical (unpaired) electrons. The Balaban J connectivity index is 3.64. The minimum Gasteiger partial charge on any atom is -0.258 e. The highest BCUT2D eigenvalue weighted by molar-refractivity contribution is 14.1. The Morgan fingerprint density at radius 2 is 2.00 bits per heavy atom. The number of hydrogen-bond acceptors (Lipinski definition) is 4. The first-order valence-electron chi connectivity index (χ1n) is 3.57. The van der Waals surface area contributed by atoms with Crippen LogP contribution in [-0.2, 0) is 9.84 Å². The molecular formula is C7H5FINO4S. The number of hydrogen-bond donors (Lipinski definition) is 0. The molecule has 0 spiro atoms. The molecule has 1 rings (SSSR count). The van der Waals surface area contributed by atoms with Crippen LogP contribution in [-0.4, -0.2) is 19.6 Å². The number of sulfone groups is 1. The number of halogens is 2. The first-order chi connectivity index (χ1) is 6.75. The van der Waals surface area contributed by atoms with Crippen LogP contribution in [0, 0.1) is 19.5 Å². The Kier molecular flexibility index (Phi) is 3.28. The molecule has 0 atom stereocenters. The van der Waals surface area contributed by atoms with Crippen LogP contribution in [0.2, 0.25) is 0 Å². The van der Waals surface area contributed by atoms with Gasteiger partial charge in [0, 0.05) is 6.26 Å². The molecule has 0 saturated carbocycles. The summed E-state index contributed by atoms with van der Waals surface area (Å²) < 4.78 is 35.2. The van der Waals surface area contributed by atoms with E-state index < -0.39 is 26.3 Å². The summed E-state index contributed by atoms with van der Waals surface area (Å²) in [7, 11) is -3.58. The van der Waals surface area contributed by atoms with E-state index in [1.807, 2.05) is 0 Å². The van der Waals surface area contributed by atoms with Crippen LogP contribution in [0.3, 0.4) is 0 Å². The van der Waals surface area contributed by atoms with E-state index in [2.05, 4.69) is 0 Å². The van der Waals surface area contributed by atoms with Gasteiger partial charge in [0.1, 0.15) is 3.57 Å². The lowest BCUT2D eigenvalue weighted by molar-refractivity contribution is -0.388. The van der Waals surface area contributed by atoms with Gasteiger partial charge >= 0.3 is 5.69 Å². The van der Waals surface area contributed by atoms with E-state index in [4.69, 9.17) is 0 Å². The second-order valence-electron chi connectivity index (χ2n) is 2.74. The molecular weight excluding hydrogens is 340 g/mol. The van der Waals surface area contributed by atoms with Crippen molar-refractivity contribution >= 4 is 38.1 Å². The van der Waals surface area contributed by atoms with Gasteiger partial charge in [-0.2, -0.15) is 4.39 Å². The van der Waals surface area contributed by atoms with E-state index in [1.165, 1.54) is 22.6 Å². The van der Waals surface area contributed by atoms with Gasteiger partial charge in [0.15, 0.2) is 9.84 Å². The number of nitro groups is 1. The average molecular weight is 345 g/mol. The molecule has 0 aliphatic rings. The summed E-state index contributed by atoms with van der Waals surface area (Å²) in [6, 6.07) is 1.79. The smallest absolute Gasteiger partial charge is 0.258 e. The Hall–Kier alpha value is -0.770. The quantitative estimate of drug-likeness (QED) is 0.354. The van der Waals surface area contributed by atoms with Crippen molar-refractivity contribution in [1.29, 1.82) is 0 Å². The molecule has 1 aromatic carbocycles. The zero-order valence-corrected chi connectivity index (χ0v) is 10.4. The summed E-state index contributed by atoms with van der Waals surface area (Å²) in [5, 5.41) is 10.5. The van der Waals surface area contributed by atoms with Crippen LogP contribution in [0.15, 0.2) is 17.0 Å². The lowest BCUT2D eigenvalue weighted by Crippen LogP contribution is -2.04. The second kappa shape index (κ2) is 4.00. The third-order valence-electron chi connectivity index (χ3n) is 1.61. The van der Waals surface area contributed by atoms with Gasteiger partial charge in [-0.1, -0.05) is 0 Å². The minimum absolute atomic E-state index is 0.208. The van der Waals surface area contributed by atoms with Crippen molar-refractivity contribution in [2.75, 3.05) is 6.26 Å². The predicted molar refractivity (Wildman–Crippen MR) is 58.9 cm³/mol. The largest absolute Gasteiger partial charge is 0.319 e. The molecule has 82 valence electrons. The normalized spacial score (nSPS) is 11.4. The molecule has 0 bridgehead atoms.